The lowest BCUT2D eigenvalue weighted by molar-refractivity contribution is -0.127. The third kappa shape index (κ3) is 2.80. The van der Waals surface area contributed by atoms with E-state index in [1.165, 1.54) is 0 Å². The van der Waals surface area contributed by atoms with E-state index in [1.807, 2.05) is 12.1 Å². The summed E-state index contributed by atoms with van der Waals surface area (Å²) in [5, 5.41) is 10.2. The van der Waals surface area contributed by atoms with Crippen LogP contribution in [0, 0.1) is 5.92 Å². The number of aliphatic hydroxyl groups excluding tert-OH is 1. The Morgan fingerprint density at radius 1 is 1.53 bits per heavy atom. The van der Waals surface area contributed by atoms with Crippen molar-refractivity contribution in [2.45, 2.75) is 25.4 Å². The van der Waals surface area contributed by atoms with Crippen molar-refractivity contribution in [1.29, 1.82) is 0 Å². The van der Waals surface area contributed by atoms with Crippen LogP contribution in [0.1, 0.15) is 18.4 Å². The molecule has 80 valence electrons. The molecule has 0 aliphatic heterocycles. The van der Waals surface area contributed by atoms with Crippen LogP contribution in [-0.2, 0) is 11.2 Å². The summed E-state index contributed by atoms with van der Waals surface area (Å²) >= 11 is 5.81. The summed E-state index contributed by atoms with van der Waals surface area (Å²) in [5.74, 6) is 0.108. The molecule has 2 nitrogen and oxygen atoms in total. The molecular weight excluding hydrogens is 212 g/mol. The monoisotopic (exact) mass is 224 g/mol. The number of carbonyl (C=O) groups is 1. The Hall–Kier alpha value is -0.860. The van der Waals surface area contributed by atoms with Gasteiger partial charge in [0.05, 0.1) is 0 Å². The molecule has 15 heavy (non-hydrogen) atoms. The van der Waals surface area contributed by atoms with Crippen LogP contribution in [0.2, 0.25) is 5.02 Å². The van der Waals surface area contributed by atoms with Crippen LogP contribution in [0.15, 0.2) is 24.3 Å². The fraction of sp³-hybridized carbons (Fsp3) is 0.417. The maximum absolute atomic E-state index is 11.6. The SMILES string of the molecule is O=C(Cc1cccc(Cl)c1)C(O)C1CC1. The smallest absolute Gasteiger partial charge is 0.165 e. The minimum Gasteiger partial charge on any atom is -0.385 e. The molecule has 3 heteroatoms. The molecule has 2 rings (SSSR count). The Morgan fingerprint density at radius 2 is 2.27 bits per heavy atom. The maximum Gasteiger partial charge on any atom is 0.165 e. The third-order valence-corrected chi connectivity index (χ3v) is 2.90. The number of ketones is 1. The van der Waals surface area contributed by atoms with Gasteiger partial charge in [-0.1, -0.05) is 23.7 Å². The van der Waals surface area contributed by atoms with E-state index >= 15 is 0 Å². The van der Waals surface area contributed by atoms with Gasteiger partial charge in [0, 0.05) is 11.4 Å². The molecule has 0 heterocycles. The zero-order valence-corrected chi connectivity index (χ0v) is 9.07. The molecule has 1 aliphatic carbocycles. The van der Waals surface area contributed by atoms with Gasteiger partial charge in [0.2, 0.25) is 0 Å². The van der Waals surface area contributed by atoms with Gasteiger partial charge < -0.3 is 5.11 Å². The normalized spacial score (nSPS) is 17.5. The van der Waals surface area contributed by atoms with E-state index in [9.17, 15) is 9.90 Å². The summed E-state index contributed by atoms with van der Waals surface area (Å²) in [6.45, 7) is 0. The zero-order chi connectivity index (χ0) is 10.8. The zero-order valence-electron chi connectivity index (χ0n) is 8.32. The molecule has 0 amide bonds. The van der Waals surface area contributed by atoms with Crippen molar-refractivity contribution >= 4 is 17.4 Å². The Morgan fingerprint density at radius 3 is 2.87 bits per heavy atom. The number of rotatable bonds is 4. The van der Waals surface area contributed by atoms with Gasteiger partial charge in [0.1, 0.15) is 6.10 Å². The van der Waals surface area contributed by atoms with Gasteiger partial charge in [-0.2, -0.15) is 0 Å². The lowest BCUT2D eigenvalue weighted by atomic mass is 10.0. The quantitative estimate of drug-likeness (QED) is 0.852. The molecule has 1 aromatic carbocycles. The first-order valence-corrected chi connectivity index (χ1v) is 5.50. The highest BCUT2D eigenvalue weighted by molar-refractivity contribution is 6.30. The first-order chi connectivity index (χ1) is 7.16. The van der Waals surface area contributed by atoms with Gasteiger partial charge in [-0.25, -0.2) is 0 Å². The Bertz CT molecular complexity index is 372. The summed E-state index contributed by atoms with van der Waals surface area (Å²) in [4.78, 5) is 11.6. The van der Waals surface area contributed by atoms with Crippen LogP contribution in [0.5, 0.6) is 0 Å². The van der Waals surface area contributed by atoms with Crippen molar-refractivity contribution in [3.63, 3.8) is 0 Å². The molecule has 1 saturated carbocycles. The molecule has 1 unspecified atom stereocenters. The number of halogens is 1. The molecule has 0 spiro atoms. The van der Waals surface area contributed by atoms with E-state index < -0.39 is 6.10 Å². The van der Waals surface area contributed by atoms with Crippen molar-refractivity contribution in [2.75, 3.05) is 0 Å². The van der Waals surface area contributed by atoms with Crippen LogP contribution in [0.25, 0.3) is 0 Å². The Kier molecular flexibility index (Phi) is 3.08. The number of carbonyl (C=O) groups excluding carboxylic acids is 1. The van der Waals surface area contributed by atoms with Crippen LogP contribution in [-0.4, -0.2) is 17.0 Å². The van der Waals surface area contributed by atoms with Crippen molar-refractivity contribution in [3.8, 4) is 0 Å². The average Bonchev–Trinajstić information content (AvgIpc) is 2.99. The molecule has 1 N–H and O–H groups in total. The highest BCUT2D eigenvalue weighted by Crippen LogP contribution is 2.33. The molecule has 0 bridgehead atoms. The van der Waals surface area contributed by atoms with E-state index in [0.717, 1.165) is 18.4 Å². The van der Waals surface area contributed by atoms with Gasteiger partial charge in [-0.05, 0) is 36.5 Å². The molecule has 1 aliphatic rings. The average molecular weight is 225 g/mol. The topological polar surface area (TPSA) is 37.3 Å². The van der Waals surface area contributed by atoms with Crippen molar-refractivity contribution < 1.29 is 9.90 Å². The summed E-state index contributed by atoms with van der Waals surface area (Å²) < 4.78 is 0. The number of aliphatic hydroxyl groups is 1. The van der Waals surface area contributed by atoms with Gasteiger partial charge >= 0.3 is 0 Å². The third-order valence-electron chi connectivity index (χ3n) is 2.67. The first kappa shape index (κ1) is 10.7. The second-order valence-corrected chi connectivity index (χ2v) is 4.49. The van der Waals surface area contributed by atoms with E-state index in [0.29, 0.717) is 5.02 Å². The predicted molar refractivity (Wildman–Crippen MR) is 58.9 cm³/mol. The summed E-state index contributed by atoms with van der Waals surface area (Å²) in [5.41, 5.74) is 0.868. The fourth-order valence-electron chi connectivity index (χ4n) is 1.63. The van der Waals surface area contributed by atoms with Crippen LogP contribution in [0.4, 0.5) is 0 Å². The van der Waals surface area contributed by atoms with Crippen molar-refractivity contribution in [1.82, 2.24) is 0 Å². The van der Waals surface area contributed by atoms with Crippen molar-refractivity contribution in [3.05, 3.63) is 34.9 Å². The van der Waals surface area contributed by atoms with Crippen molar-refractivity contribution in [2.24, 2.45) is 5.92 Å². The molecular formula is C12H13ClO2. The summed E-state index contributed by atoms with van der Waals surface area (Å²) in [6.07, 6.45) is 1.45. The van der Waals surface area contributed by atoms with Gasteiger partial charge in [0.25, 0.3) is 0 Å². The van der Waals surface area contributed by atoms with Gasteiger partial charge in [-0.15, -0.1) is 0 Å². The van der Waals surface area contributed by atoms with E-state index in [-0.39, 0.29) is 18.1 Å². The Balaban J connectivity index is 1.98. The number of Topliss-reactive ketones (excluding diaryl/α,β-unsaturated/α-hetero) is 1. The fourth-order valence-corrected chi connectivity index (χ4v) is 1.84. The van der Waals surface area contributed by atoms with E-state index in [4.69, 9.17) is 11.6 Å². The first-order valence-electron chi connectivity index (χ1n) is 5.12. The molecule has 1 fully saturated rings. The molecule has 1 atom stereocenters. The van der Waals surface area contributed by atoms with Gasteiger partial charge in [-0.3, -0.25) is 4.79 Å². The van der Waals surface area contributed by atoms with Gasteiger partial charge in [0.15, 0.2) is 5.78 Å². The standard InChI is InChI=1S/C12H13ClO2/c13-10-3-1-2-8(6-10)7-11(14)12(15)9-4-5-9/h1-3,6,9,12,15H,4-5,7H2. The summed E-state index contributed by atoms with van der Waals surface area (Å²) in [7, 11) is 0. The van der Waals surface area contributed by atoms with E-state index in [1.54, 1.807) is 12.1 Å². The van der Waals surface area contributed by atoms with Crippen LogP contribution in [0.3, 0.4) is 0 Å². The molecule has 1 aromatic rings. The maximum atomic E-state index is 11.6. The lowest BCUT2D eigenvalue weighted by Crippen LogP contribution is -2.24. The largest absolute Gasteiger partial charge is 0.385 e. The highest BCUT2D eigenvalue weighted by Gasteiger charge is 2.34. The minimum absolute atomic E-state index is 0.0974. The van der Waals surface area contributed by atoms with Crippen LogP contribution < -0.4 is 0 Å². The molecule has 0 radical (unpaired) electrons. The second kappa shape index (κ2) is 4.33. The number of hydrogen-bond acceptors (Lipinski definition) is 2. The lowest BCUT2D eigenvalue weighted by Gasteiger charge is -2.07. The number of benzene rings is 1. The highest BCUT2D eigenvalue weighted by atomic mass is 35.5. The molecule has 0 saturated heterocycles. The number of hydrogen-bond donors (Lipinski definition) is 1. The van der Waals surface area contributed by atoms with E-state index in [2.05, 4.69) is 0 Å². The Labute approximate surface area is 93.9 Å². The molecule has 0 aromatic heterocycles. The summed E-state index contributed by atoms with van der Waals surface area (Å²) in [6, 6.07) is 7.20. The van der Waals surface area contributed by atoms with Crippen LogP contribution >= 0.6 is 11.6 Å². The predicted octanol–water partition coefficient (Wildman–Crippen LogP) is 2.22. The minimum atomic E-state index is -0.774. The second-order valence-electron chi connectivity index (χ2n) is 4.06.